The molecule has 0 radical (unpaired) electrons. The molecule has 5 aromatic rings. The van der Waals surface area contributed by atoms with Gasteiger partial charge in [0, 0.05) is 35.2 Å². The number of nitrogens with zero attached hydrogens (tertiary/aromatic N) is 4. The number of nitriles is 2. The number of benzene rings is 3. The Morgan fingerprint density at radius 2 is 1.57 bits per heavy atom. The second kappa shape index (κ2) is 10.6. The van der Waals surface area contributed by atoms with Gasteiger partial charge in [-0.3, -0.25) is 0 Å². The van der Waals surface area contributed by atoms with Gasteiger partial charge in [0.2, 0.25) is 11.4 Å². The highest BCUT2D eigenvalue weighted by Crippen LogP contribution is 2.46. The van der Waals surface area contributed by atoms with Crippen LogP contribution in [0.2, 0.25) is 0 Å². The molecule has 3 unspecified atom stereocenters. The van der Waals surface area contributed by atoms with Crippen LogP contribution in [0, 0.1) is 22.7 Å². The molecule has 2 aromatic heterocycles. The van der Waals surface area contributed by atoms with Crippen molar-refractivity contribution < 1.29 is 9.13 Å². The molecule has 0 saturated carbocycles. The summed E-state index contributed by atoms with van der Waals surface area (Å²) in [7, 11) is 0. The molecule has 4 heteroatoms. The standard InChI is InChI=1S/C38H30N4/c1-2-30-22-37-32(33-19-16-28(23-39)34(24-40)38(33)36-14-8-9-21-41(36)37)18-15-27-12-6-7-13-31(27)35-20-17-29(25-42(30)35)26-10-4-3-5-11-26/h2-14,16-17,19-21,25,30,32,37H,1,15,18,22H2/q+2. The minimum absolute atomic E-state index is 0.0262. The Bertz CT molecular complexity index is 1930. The first-order valence-corrected chi connectivity index (χ1v) is 14.5. The average Bonchev–Trinajstić information content (AvgIpc) is 3.06. The van der Waals surface area contributed by atoms with Crippen molar-refractivity contribution in [1.29, 1.82) is 10.5 Å². The van der Waals surface area contributed by atoms with Crippen LogP contribution in [0.4, 0.5) is 0 Å². The molecule has 4 heterocycles. The summed E-state index contributed by atoms with van der Waals surface area (Å²) >= 11 is 0. The van der Waals surface area contributed by atoms with Gasteiger partial charge in [0.05, 0.1) is 23.1 Å². The number of aryl methyl sites for hydroxylation is 1. The van der Waals surface area contributed by atoms with Crippen molar-refractivity contribution in [3.8, 4) is 45.8 Å². The number of rotatable bonds is 2. The summed E-state index contributed by atoms with van der Waals surface area (Å²) in [6, 6.07) is 38.6. The smallest absolute Gasteiger partial charge is 0.195 e. The van der Waals surface area contributed by atoms with E-state index in [0.29, 0.717) is 11.1 Å². The first-order chi connectivity index (χ1) is 20.7. The van der Waals surface area contributed by atoms with Gasteiger partial charge in [0.15, 0.2) is 24.5 Å². The molecule has 200 valence electrons. The third-order valence-electron chi connectivity index (χ3n) is 9.05. The van der Waals surface area contributed by atoms with E-state index >= 15 is 0 Å². The van der Waals surface area contributed by atoms with E-state index in [0.717, 1.165) is 36.1 Å². The Labute approximate surface area is 246 Å². The first kappa shape index (κ1) is 25.6. The fraction of sp³-hybridized carbons (Fsp3) is 0.158. The van der Waals surface area contributed by atoms with E-state index in [4.69, 9.17) is 0 Å². The molecular weight excluding hydrogens is 512 g/mol. The Morgan fingerprint density at radius 1 is 0.762 bits per heavy atom. The fourth-order valence-electron chi connectivity index (χ4n) is 7.09. The molecule has 3 aromatic carbocycles. The summed E-state index contributed by atoms with van der Waals surface area (Å²) in [6.45, 7) is 4.35. The van der Waals surface area contributed by atoms with Crippen LogP contribution >= 0.6 is 0 Å². The van der Waals surface area contributed by atoms with Crippen molar-refractivity contribution >= 4 is 0 Å². The van der Waals surface area contributed by atoms with Crippen molar-refractivity contribution in [3.63, 3.8) is 0 Å². The number of hydrogen-bond acceptors (Lipinski definition) is 2. The Kier molecular flexibility index (Phi) is 6.46. The van der Waals surface area contributed by atoms with Crippen LogP contribution in [-0.2, 0) is 6.42 Å². The molecule has 2 aliphatic rings. The molecule has 0 N–H and O–H groups in total. The first-order valence-electron chi connectivity index (χ1n) is 14.5. The lowest BCUT2D eigenvalue weighted by molar-refractivity contribution is -0.744. The highest BCUT2D eigenvalue weighted by Gasteiger charge is 2.44. The molecule has 0 amide bonds. The Balaban J connectivity index is 1.46. The monoisotopic (exact) mass is 542 g/mol. The van der Waals surface area contributed by atoms with Crippen LogP contribution in [0.1, 0.15) is 53.1 Å². The second-order valence-corrected chi connectivity index (χ2v) is 11.2. The zero-order valence-electron chi connectivity index (χ0n) is 23.3. The van der Waals surface area contributed by atoms with Gasteiger partial charge in [-0.25, -0.2) is 0 Å². The minimum Gasteiger partial charge on any atom is -0.195 e. The maximum atomic E-state index is 10.2. The molecule has 0 aliphatic carbocycles. The van der Waals surface area contributed by atoms with E-state index in [1.54, 1.807) is 0 Å². The quantitative estimate of drug-likeness (QED) is 0.172. The lowest BCUT2D eigenvalue weighted by atomic mass is 9.75. The van der Waals surface area contributed by atoms with E-state index in [1.165, 1.54) is 27.9 Å². The molecule has 3 atom stereocenters. The van der Waals surface area contributed by atoms with E-state index in [2.05, 4.69) is 125 Å². The number of aromatic nitrogens is 2. The molecular formula is C38H30N4+2. The summed E-state index contributed by atoms with van der Waals surface area (Å²) in [5.74, 6) is 0.162. The molecule has 2 aliphatic heterocycles. The van der Waals surface area contributed by atoms with Crippen molar-refractivity contribution in [2.45, 2.75) is 37.3 Å². The van der Waals surface area contributed by atoms with Gasteiger partial charge in [-0.15, -0.1) is 0 Å². The van der Waals surface area contributed by atoms with Gasteiger partial charge in [-0.05, 0) is 59.9 Å². The predicted molar refractivity (Wildman–Crippen MR) is 163 cm³/mol. The maximum absolute atomic E-state index is 10.2. The molecule has 0 bridgehead atoms. The van der Waals surface area contributed by atoms with Crippen LogP contribution in [-0.4, -0.2) is 0 Å². The van der Waals surface area contributed by atoms with Crippen molar-refractivity contribution in [2.75, 3.05) is 0 Å². The molecule has 0 saturated heterocycles. The van der Waals surface area contributed by atoms with Gasteiger partial charge in [-0.2, -0.15) is 19.7 Å². The Hall–Kier alpha value is -5.32. The van der Waals surface area contributed by atoms with Gasteiger partial charge in [-0.1, -0.05) is 61.2 Å². The van der Waals surface area contributed by atoms with Crippen LogP contribution in [0.25, 0.3) is 33.6 Å². The third-order valence-corrected chi connectivity index (χ3v) is 9.05. The van der Waals surface area contributed by atoms with Crippen LogP contribution < -0.4 is 9.13 Å². The summed E-state index contributed by atoms with van der Waals surface area (Å²) < 4.78 is 4.76. The van der Waals surface area contributed by atoms with Gasteiger partial charge in [0.25, 0.3) is 0 Å². The maximum Gasteiger partial charge on any atom is 0.214 e. The summed E-state index contributed by atoms with van der Waals surface area (Å²) in [5, 5.41) is 20.1. The number of fused-ring (bicyclic) bond motifs is 9. The average molecular weight is 543 g/mol. The van der Waals surface area contributed by atoms with E-state index in [1.807, 2.05) is 18.2 Å². The van der Waals surface area contributed by atoms with Crippen molar-refractivity contribution in [3.05, 3.63) is 144 Å². The fourth-order valence-corrected chi connectivity index (χ4v) is 7.09. The highest BCUT2D eigenvalue weighted by molar-refractivity contribution is 5.75. The van der Waals surface area contributed by atoms with Crippen molar-refractivity contribution in [2.24, 2.45) is 0 Å². The lowest BCUT2D eigenvalue weighted by Gasteiger charge is -2.32. The normalized spacial score (nSPS) is 18.5. The molecule has 0 spiro atoms. The van der Waals surface area contributed by atoms with Gasteiger partial charge >= 0.3 is 0 Å². The van der Waals surface area contributed by atoms with E-state index in [9.17, 15) is 10.5 Å². The van der Waals surface area contributed by atoms with Crippen LogP contribution in [0.15, 0.2) is 122 Å². The summed E-state index contributed by atoms with van der Waals surface area (Å²) in [5.41, 5.74) is 10.0. The topological polar surface area (TPSA) is 55.3 Å². The van der Waals surface area contributed by atoms with Gasteiger partial charge < -0.3 is 0 Å². The predicted octanol–water partition coefficient (Wildman–Crippen LogP) is 7.41. The second-order valence-electron chi connectivity index (χ2n) is 11.2. The number of allylic oxidation sites excluding steroid dienone is 1. The minimum atomic E-state index is 0.0262. The van der Waals surface area contributed by atoms with Gasteiger partial charge in [0.1, 0.15) is 12.1 Å². The largest absolute Gasteiger partial charge is 0.214 e. The van der Waals surface area contributed by atoms with E-state index in [-0.39, 0.29) is 18.0 Å². The zero-order valence-corrected chi connectivity index (χ0v) is 23.3. The number of pyridine rings is 2. The van der Waals surface area contributed by atoms with Crippen LogP contribution in [0.5, 0.6) is 0 Å². The Morgan fingerprint density at radius 3 is 2.38 bits per heavy atom. The SMILES string of the molecule is C=CC1CC2C(CCc3ccccc3-c3ccc(-c4ccccc4)c[n+]31)c1ccc(C#N)c(C#N)c1-c1cccc[n+]12. The molecule has 4 nitrogen and oxygen atoms in total. The summed E-state index contributed by atoms with van der Waals surface area (Å²) in [6.07, 6.45) is 9.18. The summed E-state index contributed by atoms with van der Waals surface area (Å²) in [4.78, 5) is 0. The van der Waals surface area contributed by atoms with Crippen molar-refractivity contribution in [1.82, 2.24) is 0 Å². The number of hydrogen-bond donors (Lipinski definition) is 0. The lowest BCUT2D eigenvalue weighted by Crippen LogP contribution is -2.51. The van der Waals surface area contributed by atoms with E-state index < -0.39 is 0 Å². The molecule has 0 fully saturated rings. The third kappa shape index (κ3) is 4.12. The molecule has 7 rings (SSSR count). The molecule has 42 heavy (non-hydrogen) atoms. The highest BCUT2D eigenvalue weighted by atomic mass is 15.1. The van der Waals surface area contributed by atoms with Crippen LogP contribution in [0.3, 0.4) is 0 Å². The zero-order chi connectivity index (χ0) is 28.6.